The van der Waals surface area contributed by atoms with E-state index in [1.165, 1.54) is 25.2 Å². The third-order valence-electron chi connectivity index (χ3n) is 7.56. The smallest absolute Gasteiger partial charge is 0.269 e. The van der Waals surface area contributed by atoms with Gasteiger partial charge >= 0.3 is 0 Å². The summed E-state index contributed by atoms with van der Waals surface area (Å²) in [6.45, 7) is 8.27. The quantitative estimate of drug-likeness (QED) is 0.311. The van der Waals surface area contributed by atoms with E-state index in [1.807, 2.05) is 32.0 Å². The summed E-state index contributed by atoms with van der Waals surface area (Å²) in [5.41, 5.74) is 4.43. The maximum atomic E-state index is 14.2. The topological polar surface area (TPSA) is 143 Å². The number of ether oxygens (including phenoxy) is 1. The Kier molecular flexibility index (Phi) is 9.14. The Morgan fingerprint density at radius 2 is 1.80 bits per heavy atom. The first-order valence-corrected chi connectivity index (χ1v) is 16.1. The van der Waals surface area contributed by atoms with Gasteiger partial charge < -0.3 is 15.0 Å². The molecule has 1 atom stereocenters. The number of benzene rings is 2. The number of hydrogen-bond donors (Lipinski definition) is 2. The fourth-order valence-electron chi connectivity index (χ4n) is 5.39. The zero-order valence-corrected chi connectivity index (χ0v) is 26.7. The minimum atomic E-state index is -4.17. The zero-order valence-electron chi connectivity index (χ0n) is 25.9. The number of carbonyl (C=O) groups excluding carboxylic acids is 2. The number of fused-ring (bicyclic) bond motifs is 4. The number of hydrogen-bond acceptors (Lipinski definition) is 8. The molecular weight excluding hydrogens is 592 g/mol. The number of nitrogens with one attached hydrogen (secondary N) is 2. The molecule has 0 saturated carbocycles. The predicted octanol–water partition coefficient (Wildman–Crippen LogP) is 4.77. The van der Waals surface area contributed by atoms with Crippen molar-refractivity contribution in [3.8, 4) is 17.1 Å². The summed E-state index contributed by atoms with van der Waals surface area (Å²) >= 11 is 0. The molecule has 0 unspecified atom stereocenters. The third-order valence-corrected chi connectivity index (χ3v) is 8.89. The van der Waals surface area contributed by atoms with E-state index in [0.717, 1.165) is 16.7 Å². The lowest BCUT2D eigenvalue weighted by molar-refractivity contribution is 0.0552. The number of rotatable bonds is 6. The van der Waals surface area contributed by atoms with Crippen LogP contribution < -0.4 is 14.8 Å². The van der Waals surface area contributed by atoms with Crippen LogP contribution in [-0.2, 0) is 16.6 Å². The summed E-state index contributed by atoms with van der Waals surface area (Å²) in [5.74, 6) is -0.463. The number of carbonyl (C=O) groups is 2. The van der Waals surface area contributed by atoms with Crippen molar-refractivity contribution in [1.29, 1.82) is 0 Å². The first-order chi connectivity index (χ1) is 21.4. The van der Waals surface area contributed by atoms with Crippen molar-refractivity contribution in [1.82, 2.24) is 25.2 Å². The van der Waals surface area contributed by atoms with Gasteiger partial charge in [-0.1, -0.05) is 44.2 Å². The summed E-state index contributed by atoms with van der Waals surface area (Å²) in [5, 5.41) is 2.55. The molecule has 0 saturated heterocycles. The highest BCUT2D eigenvalue weighted by molar-refractivity contribution is 7.92. The van der Waals surface area contributed by atoms with Crippen LogP contribution in [0.3, 0.4) is 0 Å². The fourth-order valence-corrected chi connectivity index (χ4v) is 6.38. The predicted molar refractivity (Wildman–Crippen MR) is 170 cm³/mol. The number of aromatic nitrogens is 3. The van der Waals surface area contributed by atoms with Gasteiger partial charge in [0.25, 0.3) is 21.8 Å². The number of aryl methyl sites for hydroxylation is 2. The van der Waals surface area contributed by atoms with Crippen LogP contribution in [0, 0.1) is 19.8 Å². The molecule has 3 heterocycles. The first-order valence-electron chi connectivity index (χ1n) is 14.6. The second-order valence-corrected chi connectivity index (χ2v) is 13.2. The highest BCUT2D eigenvalue weighted by Crippen LogP contribution is 2.30. The Morgan fingerprint density at radius 3 is 2.47 bits per heavy atom. The lowest BCUT2D eigenvalue weighted by Crippen LogP contribution is -2.44. The standard InChI is InChI=1S/C33H36N6O5S/c1-20(2)14-25-19-44-29-16-28(30-21(3)8-6-9-22(30)4)36-33(37-29)38-45(42,43)26-11-7-10-24(15-26)32(41)39(25)18-23-12-13-27(35-17-23)31(40)34-5/h6-13,15-17,20,25H,14,18-19H2,1-5H3,(H,34,40)(H,36,37,38)/t25-/m1/s1. The van der Waals surface area contributed by atoms with E-state index in [9.17, 15) is 18.0 Å². The average molecular weight is 629 g/mol. The fraction of sp³-hybridized carbons (Fsp3) is 0.303. The zero-order chi connectivity index (χ0) is 32.3. The molecule has 4 aromatic rings. The number of nitrogens with zero attached hydrogens (tertiary/aromatic N) is 4. The highest BCUT2D eigenvalue weighted by Gasteiger charge is 2.29. The van der Waals surface area contributed by atoms with E-state index >= 15 is 0 Å². The van der Waals surface area contributed by atoms with E-state index in [1.54, 1.807) is 35.4 Å². The van der Waals surface area contributed by atoms with Crippen molar-refractivity contribution in [3.63, 3.8) is 0 Å². The van der Waals surface area contributed by atoms with Crippen molar-refractivity contribution in [2.75, 3.05) is 18.4 Å². The van der Waals surface area contributed by atoms with E-state index in [0.29, 0.717) is 17.7 Å². The molecule has 12 heteroatoms. The third kappa shape index (κ3) is 7.12. The summed E-state index contributed by atoms with van der Waals surface area (Å²) < 4.78 is 35.9. The monoisotopic (exact) mass is 628 g/mol. The van der Waals surface area contributed by atoms with Crippen LogP contribution in [0.2, 0.25) is 0 Å². The van der Waals surface area contributed by atoms with Crippen LogP contribution in [0.25, 0.3) is 11.3 Å². The molecule has 0 radical (unpaired) electrons. The maximum absolute atomic E-state index is 14.2. The number of amides is 2. The molecule has 0 fully saturated rings. The molecule has 2 aromatic heterocycles. The lowest BCUT2D eigenvalue weighted by Gasteiger charge is -2.33. The van der Waals surface area contributed by atoms with Crippen molar-refractivity contribution in [2.24, 2.45) is 5.92 Å². The van der Waals surface area contributed by atoms with Gasteiger partial charge in [0.1, 0.15) is 12.3 Å². The van der Waals surface area contributed by atoms with Gasteiger partial charge in [-0.25, -0.2) is 18.1 Å². The van der Waals surface area contributed by atoms with Gasteiger partial charge in [-0.3, -0.25) is 14.6 Å². The molecule has 0 aliphatic carbocycles. The molecule has 45 heavy (non-hydrogen) atoms. The molecule has 11 nitrogen and oxygen atoms in total. The van der Waals surface area contributed by atoms with Crippen molar-refractivity contribution in [3.05, 3.63) is 94.8 Å². The van der Waals surface area contributed by atoms with Gasteiger partial charge in [-0.15, -0.1) is 0 Å². The minimum absolute atomic E-state index is 0.0861. The molecular formula is C33H36N6O5S. The van der Waals surface area contributed by atoms with Crippen LogP contribution in [-0.4, -0.2) is 59.8 Å². The lowest BCUT2D eigenvalue weighted by atomic mass is 10.00. The van der Waals surface area contributed by atoms with Gasteiger partial charge in [0.15, 0.2) is 0 Å². The van der Waals surface area contributed by atoms with E-state index < -0.39 is 16.1 Å². The Bertz CT molecular complexity index is 1820. The first kappa shape index (κ1) is 31.6. The van der Waals surface area contributed by atoms with Crippen molar-refractivity contribution < 1.29 is 22.7 Å². The molecule has 4 bridgehead atoms. The Balaban J connectivity index is 1.63. The van der Waals surface area contributed by atoms with Gasteiger partial charge in [0.2, 0.25) is 11.8 Å². The van der Waals surface area contributed by atoms with Crippen LogP contribution in [0.4, 0.5) is 5.95 Å². The Hall–Kier alpha value is -4.84. The highest BCUT2D eigenvalue weighted by atomic mass is 32.2. The minimum Gasteiger partial charge on any atom is -0.475 e. The largest absolute Gasteiger partial charge is 0.475 e. The van der Waals surface area contributed by atoms with Crippen LogP contribution in [0.1, 0.15) is 57.8 Å². The SMILES string of the molecule is CNC(=O)c1ccc(CN2C(=O)c3cccc(c3)S(=O)(=O)Nc3nc(cc(-c4c(C)cccc4C)n3)OC[C@H]2CC(C)C)cn1. The van der Waals surface area contributed by atoms with Crippen molar-refractivity contribution >= 4 is 27.8 Å². The molecule has 2 aromatic carbocycles. The second kappa shape index (κ2) is 13.0. The molecule has 2 amide bonds. The normalized spacial score (nSPS) is 16.1. The average Bonchev–Trinajstić information content (AvgIpc) is 3.01. The molecule has 1 aliphatic heterocycles. The van der Waals surface area contributed by atoms with Gasteiger partial charge in [0.05, 0.1) is 16.6 Å². The van der Waals surface area contributed by atoms with Crippen molar-refractivity contribution in [2.45, 2.75) is 51.6 Å². The van der Waals surface area contributed by atoms with E-state index in [-0.39, 0.29) is 58.9 Å². The number of anilines is 1. The van der Waals surface area contributed by atoms with E-state index in [4.69, 9.17) is 4.74 Å². The summed E-state index contributed by atoms with van der Waals surface area (Å²) in [7, 11) is -2.65. The summed E-state index contributed by atoms with van der Waals surface area (Å²) in [6, 6.07) is 16.4. The van der Waals surface area contributed by atoms with Crippen LogP contribution >= 0.6 is 0 Å². The second-order valence-electron chi connectivity index (χ2n) is 11.5. The maximum Gasteiger partial charge on any atom is 0.269 e. The summed E-state index contributed by atoms with van der Waals surface area (Å²) in [4.78, 5) is 41.0. The molecule has 5 rings (SSSR count). The summed E-state index contributed by atoms with van der Waals surface area (Å²) in [6.07, 6.45) is 2.15. The Morgan fingerprint density at radius 1 is 1.07 bits per heavy atom. The Labute approximate surface area is 263 Å². The number of sulfonamides is 1. The van der Waals surface area contributed by atoms with Gasteiger partial charge in [-0.2, -0.15) is 4.98 Å². The van der Waals surface area contributed by atoms with E-state index in [2.05, 4.69) is 38.8 Å². The molecule has 234 valence electrons. The van der Waals surface area contributed by atoms with Gasteiger partial charge in [-0.05, 0) is 67.1 Å². The molecule has 0 spiro atoms. The van der Waals surface area contributed by atoms with Crippen LogP contribution in [0.5, 0.6) is 5.88 Å². The number of pyridine rings is 1. The molecule has 1 aliphatic rings. The molecule has 2 N–H and O–H groups in total. The van der Waals surface area contributed by atoms with Gasteiger partial charge in [0, 0.05) is 37.0 Å². The van der Waals surface area contributed by atoms with Crippen LogP contribution in [0.15, 0.2) is 71.8 Å².